The molecule has 0 bridgehead atoms. The second-order valence-electron chi connectivity index (χ2n) is 6.47. The zero-order valence-corrected chi connectivity index (χ0v) is 16.0. The van der Waals surface area contributed by atoms with Crippen molar-refractivity contribution in [1.29, 1.82) is 0 Å². The summed E-state index contributed by atoms with van der Waals surface area (Å²) in [6.07, 6.45) is 1.60. The van der Waals surface area contributed by atoms with Crippen LogP contribution in [0.25, 0.3) is 0 Å². The van der Waals surface area contributed by atoms with Crippen LogP contribution in [-0.4, -0.2) is 42.9 Å². The number of carbonyl (C=O) groups is 3. The molecule has 1 aliphatic rings. The van der Waals surface area contributed by atoms with Gasteiger partial charge in [0, 0.05) is 19.6 Å². The van der Waals surface area contributed by atoms with Crippen molar-refractivity contribution in [3.63, 3.8) is 0 Å². The van der Waals surface area contributed by atoms with Crippen molar-refractivity contribution in [2.45, 2.75) is 19.4 Å². The number of nitrogens with zero attached hydrogens (tertiary/aromatic N) is 1. The number of esters is 1. The smallest absolute Gasteiger partial charge is 0.337 e. The van der Waals surface area contributed by atoms with Crippen LogP contribution < -0.4 is 5.32 Å². The van der Waals surface area contributed by atoms with Gasteiger partial charge in [0.05, 0.1) is 23.5 Å². The van der Waals surface area contributed by atoms with E-state index in [-0.39, 0.29) is 23.7 Å². The maximum absolute atomic E-state index is 12.5. The fraction of sp³-hybridized carbons (Fsp3) is 0.350. The van der Waals surface area contributed by atoms with Crippen LogP contribution in [0, 0.1) is 5.92 Å². The highest BCUT2D eigenvalue weighted by atomic mass is 32.1. The van der Waals surface area contributed by atoms with E-state index in [2.05, 4.69) is 10.1 Å². The molecule has 2 aromatic rings. The largest absolute Gasteiger partial charge is 0.465 e. The second-order valence-corrected chi connectivity index (χ2v) is 7.42. The third kappa shape index (κ3) is 4.74. The minimum atomic E-state index is -0.386. The summed E-state index contributed by atoms with van der Waals surface area (Å²) < 4.78 is 4.67. The molecule has 7 heteroatoms. The van der Waals surface area contributed by atoms with Gasteiger partial charge >= 0.3 is 5.97 Å². The topological polar surface area (TPSA) is 75.7 Å². The van der Waals surface area contributed by atoms with E-state index >= 15 is 0 Å². The molecule has 0 spiro atoms. The number of rotatable bonds is 5. The van der Waals surface area contributed by atoms with Crippen LogP contribution in [0.15, 0.2) is 41.8 Å². The van der Waals surface area contributed by atoms with Gasteiger partial charge in [-0.15, -0.1) is 11.3 Å². The number of ether oxygens (including phenoxy) is 1. The number of hydrogen-bond acceptors (Lipinski definition) is 5. The molecule has 142 valence electrons. The zero-order valence-electron chi connectivity index (χ0n) is 15.1. The van der Waals surface area contributed by atoms with E-state index in [9.17, 15) is 14.4 Å². The molecule has 0 saturated carbocycles. The fourth-order valence-electron chi connectivity index (χ4n) is 3.14. The van der Waals surface area contributed by atoms with Gasteiger partial charge < -0.3 is 15.0 Å². The number of piperidine rings is 1. The Hall–Kier alpha value is -2.67. The first kappa shape index (κ1) is 19.1. The lowest BCUT2D eigenvalue weighted by Gasteiger charge is -2.31. The Morgan fingerprint density at radius 3 is 2.67 bits per heavy atom. The number of likely N-dealkylation sites (tertiary alicyclic amines) is 1. The molecule has 1 N–H and O–H groups in total. The summed E-state index contributed by atoms with van der Waals surface area (Å²) in [5.74, 6) is -0.628. The summed E-state index contributed by atoms with van der Waals surface area (Å²) in [5, 5.41) is 4.82. The molecule has 1 aromatic heterocycles. The lowest BCUT2D eigenvalue weighted by molar-refractivity contribution is -0.126. The highest BCUT2D eigenvalue weighted by Crippen LogP contribution is 2.21. The van der Waals surface area contributed by atoms with E-state index in [1.54, 1.807) is 29.2 Å². The van der Waals surface area contributed by atoms with Crippen LogP contribution in [-0.2, 0) is 16.1 Å². The maximum atomic E-state index is 12.5. The number of hydrogen-bond donors (Lipinski definition) is 1. The van der Waals surface area contributed by atoms with Gasteiger partial charge in [0.1, 0.15) is 0 Å². The van der Waals surface area contributed by atoms with Crippen molar-refractivity contribution in [2.75, 3.05) is 20.2 Å². The number of amides is 2. The van der Waals surface area contributed by atoms with Crippen molar-refractivity contribution in [3.8, 4) is 0 Å². The van der Waals surface area contributed by atoms with Crippen molar-refractivity contribution in [3.05, 3.63) is 57.8 Å². The lowest BCUT2D eigenvalue weighted by atomic mass is 9.97. The molecule has 2 heterocycles. The summed E-state index contributed by atoms with van der Waals surface area (Å²) in [4.78, 5) is 38.9. The van der Waals surface area contributed by atoms with Crippen LogP contribution in [0.4, 0.5) is 0 Å². The van der Waals surface area contributed by atoms with Gasteiger partial charge in [-0.25, -0.2) is 4.79 Å². The molecular formula is C20H22N2O4S. The van der Waals surface area contributed by atoms with Crippen LogP contribution in [0.5, 0.6) is 0 Å². The quantitative estimate of drug-likeness (QED) is 0.802. The number of benzene rings is 1. The van der Waals surface area contributed by atoms with Gasteiger partial charge in [0.15, 0.2) is 0 Å². The van der Waals surface area contributed by atoms with Gasteiger partial charge in [0.25, 0.3) is 5.91 Å². The summed E-state index contributed by atoms with van der Waals surface area (Å²) in [6, 6.07) is 10.6. The Morgan fingerprint density at radius 2 is 2.00 bits per heavy atom. The van der Waals surface area contributed by atoms with Crippen molar-refractivity contribution in [2.24, 2.45) is 5.92 Å². The minimum Gasteiger partial charge on any atom is -0.465 e. The van der Waals surface area contributed by atoms with Gasteiger partial charge in [-0.2, -0.15) is 0 Å². The number of thiophene rings is 1. The summed E-state index contributed by atoms with van der Waals surface area (Å²) in [5.41, 5.74) is 1.38. The minimum absolute atomic E-state index is 0.000832. The van der Waals surface area contributed by atoms with Gasteiger partial charge in [-0.05, 0) is 42.0 Å². The number of carbonyl (C=O) groups excluding carboxylic acids is 3. The van der Waals surface area contributed by atoms with E-state index in [0.29, 0.717) is 30.1 Å². The average Bonchev–Trinajstić information content (AvgIpc) is 3.26. The molecule has 1 fully saturated rings. The highest BCUT2D eigenvalue weighted by molar-refractivity contribution is 7.12. The first-order valence-corrected chi connectivity index (χ1v) is 9.74. The van der Waals surface area contributed by atoms with Crippen molar-refractivity contribution in [1.82, 2.24) is 10.2 Å². The van der Waals surface area contributed by atoms with Crippen molar-refractivity contribution >= 4 is 29.1 Å². The summed E-state index contributed by atoms with van der Waals surface area (Å²) in [7, 11) is 1.34. The van der Waals surface area contributed by atoms with E-state index in [1.165, 1.54) is 18.4 Å². The molecule has 27 heavy (non-hydrogen) atoms. The molecule has 3 rings (SSSR count). The van der Waals surface area contributed by atoms with E-state index in [0.717, 1.165) is 18.4 Å². The third-order valence-electron chi connectivity index (χ3n) is 4.65. The Morgan fingerprint density at radius 1 is 1.22 bits per heavy atom. The molecule has 1 unspecified atom stereocenters. The van der Waals surface area contributed by atoms with Crippen LogP contribution in [0.1, 0.15) is 38.4 Å². The summed E-state index contributed by atoms with van der Waals surface area (Å²) in [6.45, 7) is 1.52. The van der Waals surface area contributed by atoms with E-state index < -0.39 is 0 Å². The molecule has 1 aromatic carbocycles. The maximum Gasteiger partial charge on any atom is 0.337 e. The monoisotopic (exact) mass is 386 g/mol. The van der Waals surface area contributed by atoms with Gasteiger partial charge in [-0.1, -0.05) is 18.2 Å². The molecular weight excluding hydrogens is 364 g/mol. The first-order chi connectivity index (χ1) is 13.1. The number of nitrogens with one attached hydrogen (secondary N) is 1. The van der Waals surface area contributed by atoms with Crippen molar-refractivity contribution < 1.29 is 19.1 Å². The van der Waals surface area contributed by atoms with E-state index in [4.69, 9.17) is 0 Å². The van der Waals surface area contributed by atoms with Gasteiger partial charge in [-0.3, -0.25) is 9.59 Å². The Labute approximate surface area is 162 Å². The fourth-order valence-corrected chi connectivity index (χ4v) is 3.83. The predicted octanol–water partition coefficient (Wildman–Crippen LogP) is 2.70. The third-order valence-corrected chi connectivity index (χ3v) is 5.51. The Kier molecular flexibility index (Phi) is 6.24. The Balaban J connectivity index is 1.53. The SMILES string of the molecule is COC(=O)c1ccc(CNC(=O)C2CCCN(C(=O)c3cccs3)C2)cc1. The van der Waals surface area contributed by atoms with Crippen LogP contribution >= 0.6 is 11.3 Å². The summed E-state index contributed by atoms with van der Waals surface area (Å²) >= 11 is 1.42. The van der Waals surface area contributed by atoms with Crippen LogP contribution in [0.3, 0.4) is 0 Å². The van der Waals surface area contributed by atoms with Crippen LogP contribution in [0.2, 0.25) is 0 Å². The molecule has 0 aliphatic carbocycles. The standard InChI is InChI=1S/C20H22N2O4S/c1-26-20(25)15-8-6-14(7-9-15)12-21-18(23)16-4-2-10-22(13-16)19(24)17-5-3-11-27-17/h3,5-9,11,16H,2,4,10,12-13H2,1H3,(H,21,23). The zero-order chi connectivity index (χ0) is 19.2. The van der Waals surface area contributed by atoms with E-state index in [1.807, 2.05) is 17.5 Å². The molecule has 2 amide bonds. The molecule has 6 nitrogen and oxygen atoms in total. The molecule has 1 saturated heterocycles. The molecule has 1 atom stereocenters. The molecule has 0 radical (unpaired) electrons. The number of methoxy groups -OCH3 is 1. The normalized spacial score (nSPS) is 16.6. The van der Waals surface area contributed by atoms with Gasteiger partial charge in [0.2, 0.25) is 5.91 Å². The molecule has 1 aliphatic heterocycles. The second kappa shape index (κ2) is 8.81. The highest BCUT2D eigenvalue weighted by Gasteiger charge is 2.29. The lowest BCUT2D eigenvalue weighted by Crippen LogP contribution is -2.45. The Bertz CT molecular complexity index is 802. The first-order valence-electron chi connectivity index (χ1n) is 8.86. The predicted molar refractivity (Wildman–Crippen MR) is 103 cm³/mol. The average molecular weight is 386 g/mol.